The summed E-state index contributed by atoms with van der Waals surface area (Å²) < 4.78 is 5.23. The van der Waals surface area contributed by atoms with E-state index in [-0.39, 0.29) is 16.7 Å². The Balaban J connectivity index is 1.48. The summed E-state index contributed by atoms with van der Waals surface area (Å²) in [4.78, 5) is 16.5. The van der Waals surface area contributed by atoms with Gasteiger partial charge in [0.15, 0.2) is 5.82 Å². The van der Waals surface area contributed by atoms with Gasteiger partial charge < -0.3 is 9.84 Å². The fourth-order valence-corrected chi connectivity index (χ4v) is 2.75. The topological polar surface area (TPSA) is 68.0 Å². The molecule has 2 aromatic rings. The lowest BCUT2D eigenvalue weighted by molar-refractivity contribution is -0.121. The zero-order chi connectivity index (χ0) is 17.2. The Kier molecular flexibility index (Phi) is 4.43. The number of carbonyl (C=O) groups excluding carboxylic acids is 1. The predicted molar refractivity (Wildman–Crippen MR) is 91.7 cm³/mol. The normalized spacial score (nSPS) is 16.0. The van der Waals surface area contributed by atoms with Gasteiger partial charge in [-0.3, -0.25) is 4.79 Å². The third-order valence-electron chi connectivity index (χ3n) is 4.57. The van der Waals surface area contributed by atoms with Crippen LogP contribution in [0.4, 0.5) is 0 Å². The predicted octanol–water partition coefficient (Wildman–Crippen LogP) is 3.15. The molecule has 1 heterocycles. The number of aryl methyl sites for hydroxylation is 1. The van der Waals surface area contributed by atoms with E-state index in [2.05, 4.69) is 39.7 Å². The molecule has 1 aliphatic carbocycles. The summed E-state index contributed by atoms with van der Waals surface area (Å²) in [6.07, 6.45) is 3.12. The van der Waals surface area contributed by atoms with Crippen LogP contribution in [-0.4, -0.2) is 22.6 Å². The van der Waals surface area contributed by atoms with E-state index in [1.54, 1.807) is 0 Å². The number of carbonyl (C=O) groups is 1. The van der Waals surface area contributed by atoms with Gasteiger partial charge >= 0.3 is 0 Å². The van der Waals surface area contributed by atoms with Crippen molar-refractivity contribution >= 4 is 5.91 Å². The molecule has 1 amide bonds. The van der Waals surface area contributed by atoms with Gasteiger partial charge in [0, 0.05) is 30.2 Å². The van der Waals surface area contributed by atoms with E-state index in [4.69, 9.17) is 4.52 Å². The molecule has 0 atom stereocenters. The standard InChI is InChI=1S/C19H25N3O2/c1-18(2,3)17-21-16(24-22-17)10-9-15(23)20-13-19(11-12-19)14-7-5-4-6-8-14/h4-8H,9-13H2,1-3H3,(H,20,23). The number of nitrogens with zero attached hydrogens (tertiary/aromatic N) is 2. The second-order valence-electron chi connectivity index (χ2n) is 7.68. The third-order valence-corrected chi connectivity index (χ3v) is 4.57. The van der Waals surface area contributed by atoms with Crippen LogP contribution in [0.5, 0.6) is 0 Å². The number of nitrogens with one attached hydrogen (secondary N) is 1. The molecule has 0 spiro atoms. The molecule has 1 aromatic heterocycles. The van der Waals surface area contributed by atoms with Crippen LogP contribution in [-0.2, 0) is 22.0 Å². The molecule has 0 aliphatic heterocycles. The highest BCUT2D eigenvalue weighted by atomic mass is 16.5. The largest absolute Gasteiger partial charge is 0.355 e. The Morgan fingerprint density at radius 2 is 1.96 bits per heavy atom. The second-order valence-corrected chi connectivity index (χ2v) is 7.68. The van der Waals surface area contributed by atoms with Gasteiger partial charge in [-0.05, 0) is 18.4 Å². The number of hydrogen-bond donors (Lipinski definition) is 1. The molecule has 0 bridgehead atoms. The number of rotatable bonds is 6. The molecule has 0 saturated heterocycles. The van der Waals surface area contributed by atoms with Crippen molar-refractivity contribution in [3.8, 4) is 0 Å². The first-order chi connectivity index (χ1) is 11.4. The van der Waals surface area contributed by atoms with E-state index in [0.717, 1.165) is 12.8 Å². The molecule has 0 radical (unpaired) electrons. The second kappa shape index (κ2) is 6.38. The van der Waals surface area contributed by atoms with Gasteiger partial charge in [0.1, 0.15) is 0 Å². The number of hydrogen-bond acceptors (Lipinski definition) is 4. The Bertz CT molecular complexity index is 697. The van der Waals surface area contributed by atoms with E-state index in [1.165, 1.54) is 5.56 Å². The minimum Gasteiger partial charge on any atom is -0.355 e. The van der Waals surface area contributed by atoms with Crippen molar-refractivity contribution in [3.05, 3.63) is 47.6 Å². The summed E-state index contributed by atoms with van der Waals surface area (Å²) in [5.41, 5.74) is 1.32. The van der Waals surface area contributed by atoms with Crippen molar-refractivity contribution in [2.24, 2.45) is 0 Å². The van der Waals surface area contributed by atoms with Crippen LogP contribution in [0.2, 0.25) is 0 Å². The summed E-state index contributed by atoms with van der Waals surface area (Å²) in [6, 6.07) is 10.4. The van der Waals surface area contributed by atoms with Gasteiger partial charge in [-0.15, -0.1) is 0 Å². The Morgan fingerprint density at radius 3 is 2.54 bits per heavy atom. The summed E-state index contributed by atoms with van der Waals surface area (Å²) in [5.74, 6) is 1.24. The van der Waals surface area contributed by atoms with Crippen molar-refractivity contribution < 1.29 is 9.32 Å². The lowest BCUT2D eigenvalue weighted by atomic mass is 9.96. The quantitative estimate of drug-likeness (QED) is 0.885. The maximum absolute atomic E-state index is 12.1. The molecule has 5 heteroatoms. The molecule has 1 fully saturated rings. The smallest absolute Gasteiger partial charge is 0.227 e. The van der Waals surface area contributed by atoms with Crippen molar-refractivity contribution in [2.75, 3.05) is 6.54 Å². The van der Waals surface area contributed by atoms with Gasteiger partial charge in [-0.1, -0.05) is 56.3 Å². The summed E-state index contributed by atoms with van der Waals surface area (Å²) in [5, 5.41) is 7.04. The first-order valence-corrected chi connectivity index (χ1v) is 8.54. The number of benzene rings is 1. The van der Waals surface area contributed by atoms with E-state index in [1.807, 2.05) is 26.8 Å². The SMILES string of the molecule is CC(C)(C)c1noc(CCC(=O)NCC2(c3ccccc3)CC2)n1. The molecule has 128 valence electrons. The van der Waals surface area contributed by atoms with Gasteiger partial charge in [0.2, 0.25) is 11.8 Å². The summed E-state index contributed by atoms with van der Waals surface area (Å²) in [6.45, 7) is 6.81. The average Bonchev–Trinajstić information content (AvgIpc) is 3.19. The van der Waals surface area contributed by atoms with E-state index >= 15 is 0 Å². The molecule has 5 nitrogen and oxygen atoms in total. The van der Waals surface area contributed by atoms with Crippen molar-refractivity contribution in [2.45, 2.75) is 57.3 Å². The maximum Gasteiger partial charge on any atom is 0.227 e. The minimum absolute atomic E-state index is 0.0349. The van der Waals surface area contributed by atoms with Gasteiger partial charge in [-0.2, -0.15) is 4.98 Å². The molecular weight excluding hydrogens is 302 g/mol. The minimum atomic E-state index is -0.141. The first-order valence-electron chi connectivity index (χ1n) is 8.54. The van der Waals surface area contributed by atoms with Crippen LogP contribution in [0.25, 0.3) is 0 Å². The van der Waals surface area contributed by atoms with Crippen LogP contribution in [0.1, 0.15) is 57.3 Å². The molecular formula is C19H25N3O2. The summed E-state index contributed by atoms with van der Waals surface area (Å²) >= 11 is 0. The molecule has 1 aromatic carbocycles. The number of aromatic nitrogens is 2. The Labute approximate surface area is 142 Å². The van der Waals surface area contributed by atoms with Gasteiger partial charge in [-0.25, -0.2) is 0 Å². The van der Waals surface area contributed by atoms with E-state index < -0.39 is 0 Å². The highest BCUT2D eigenvalue weighted by Gasteiger charge is 2.44. The Morgan fingerprint density at radius 1 is 1.25 bits per heavy atom. The van der Waals surface area contributed by atoms with Crippen LogP contribution < -0.4 is 5.32 Å². The van der Waals surface area contributed by atoms with Gasteiger partial charge in [0.05, 0.1) is 0 Å². The zero-order valence-electron chi connectivity index (χ0n) is 14.6. The summed E-state index contributed by atoms with van der Waals surface area (Å²) in [7, 11) is 0. The van der Waals surface area contributed by atoms with Crippen LogP contribution in [0.15, 0.2) is 34.9 Å². The van der Waals surface area contributed by atoms with Gasteiger partial charge in [0.25, 0.3) is 0 Å². The maximum atomic E-state index is 12.1. The third kappa shape index (κ3) is 3.83. The molecule has 1 saturated carbocycles. The molecule has 24 heavy (non-hydrogen) atoms. The van der Waals surface area contributed by atoms with Crippen LogP contribution in [0, 0.1) is 0 Å². The van der Waals surface area contributed by atoms with E-state index in [0.29, 0.717) is 31.1 Å². The Hall–Kier alpha value is -2.17. The first kappa shape index (κ1) is 16.7. The molecule has 0 unspecified atom stereocenters. The molecule has 3 rings (SSSR count). The number of amides is 1. The van der Waals surface area contributed by atoms with Crippen molar-refractivity contribution in [1.82, 2.24) is 15.5 Å². The van der Waals surface area contributed by atoms with Crippen LogP contribution >= 0.6 is 0 Å². The molecule has 1 aliphatic rings. The fourth-order valence-electron chi connectivity index (χ4n) is 2.75. The highest BCUT2D eigenvalue weighted by molar-refractivity contribution is 5.76. The molecule has 1 N–H and O–H groups in total. The lowest BCUT2D eigenvalue weighted by Crippen LogP contribution is -2.32. The lowest BCUT2D eigenvalue weighted by Gasteiger charge is -2.16. The van der Waals surface area contributed by atoms with Crippen molar-refractivity contribution in [1.29, 1.82) is 0 Å². The fraction of sp³-hybridized carbons (Fsp3) is 0.526. The average molecular weight is 327 g/mol. The van der Waals surface area contributed by atoms with Crippen LogP contribution in [0.3, 0.4) is 0 Å². The zero-order valence-corrected chi connectivity index (χ0v) is 14.6. The monoisotopic (exact) mass is 327 g/mol. The van der Waals surface area contributed by atoms with E-state index in [9.17, 15) is 4.79 Å². The van der Waals surface area contributed by atoms with Crippen molar-refractivity contribution in [3.63, 3.8) is 0 Å². The highest BCUT2D eigenvalue weighted by Crippen LogP contribution is 2.47.